The zero-order valence-electron chi connectivity index (χ0n) is 21.3. The Morgan fingerprint density at radius 3 is 0.514 bits per heavy atom. The number of unbranched alkanes of at least 4 members (excludes halogenated alkanes) is 4. The van der Waals surface area contributed by atoms with Crippen LogP contribution < -0.4 is 0 Å². The fourth-order valence-corrected chi connectivity index (χ4v) is 8.87. The molecule has 0 aliphatic carbocycles. The Labute approximate surface area is 209 Å². The third-order valence-corrected chi connectivity index (χ3v) is 9.90. The summed E-state index contributed by atoms with van der Waals surface area (Å²) < 4.78 is 156. The van der Waals surface area contributed by atoms with E-state index in [0.29, 0.717) is 0 Å². The summed E-state index contributed by atoms with van der Waals surface area (Å²) in [6, 6.07) is 0. The van der Waals surface area contributed by atoms with Crippen LogP contribution in [0.25, 0.3) is 0 Å². The molecule has 21 heteroatoms. The van der Waals surface area contributed by atoms with Crippen molar-refractivity contribution >= 4 is 36.3 Å². The van der Waals surface area contributed by atoms with Crippen molar-refractivity contribution in [2.75, 3.05) is 24.6 Å². The number of hydrogen-bond donors (Lipinski definition) is 0. The zero-order valence-corrected chi connectivity index (χ0v) is 22.3. The smallest absolute Gasteiger partial charge is 0.418 e. The number of hydrogen-bond acceptors (Lipinski definition) is 0. The third-order valence-electron chi connectivity index (χ3n) is 4.24. The second-order valence-corrected chi connectivity index (χ2v) is 12.9. The molecule has 0 nitrogen and oxygen atoms in total. The van der Waals surface area contributed by atoms with Crippen molar-refractivity contribution in [2.45, 2.75) is 79.1 Å². The van der Waals surface area contributed by atoms with Crippen molar-refractivity contribution in [2.24, 2.45) is 0 Å². The fraction of sp³-hybridized carbons (Fsp3) is 1.00. The maximum absolute atomic E-state index is 9.75. The SMILES string of the molecule is CCCC[PH](CCCC)(CCCC)CCCC.F[B-](F)(F)F.F[B-](F)(F)F.F[B-](F)(F)F.F[B-](F)(F)F. The topological polar surface area (TPSA) is 0 Å². The van der Waals surface area contributed by atoms with E-state index < -0.39 is 36.3 Å². The molecule has 0 fully saturated rings. The second-order valence-electron chi connectivity index (χ2n) is 7.89. The summed E-state index contributed by atoms with van der Waals surface area (Å²) in [5.74, 6) is 0. The number of rotatable bonds is 12. The predicted molar refractivity (Wildman–Crippen MR) is 128 cm³/mol. The molecule has 0 saturated heterocycles. The minimum atomic E-state index is -6.00. The molecule has 0 radical (unpaired) electrons. The van der Waals surface area contributed by atoms with Crippen molar-refractivity contribution in [3.63, 3.8) is 0 Å². The summed E-state index contributed by atoms with van der Waals surface area (Å²) >= 11 is 0. The first kappa shape index (κ1) is 46.4. The van der Waals surface area contributed by atoms with E-state index >= 15 is 0 Å². The Morgan fingerprint density at radius 1 is 0.324 bits per heavy atom. The largest absolute Gasteiger partial charge is 0.673 e. The Morgan fingerprint density at radius 2 is 0.432 bits per heavy atom. The van der Waals surface area contributed by atoms with Crippen molar-refractivity contribution in [3.05, 3.63) is 0 Å². The summed E-state index contributed by atoms with van der Waals surface area (Å²) in [5.41, 5.74) is 0. The van der Waals surface area contributed by atoms with E-state index in [1.54, 1.807) is 24.6 Å². The molecule has 0 spiro atoms. The predicted octanol–water partition coefficient (Wildman–Crippen LogP) is 11.1. The molecule has 0 saturated carbocycles. The molecule has 0 aromatic heterocycles. The fourth-order valence-electron chi connectivity index (χ4n) is 2.96. The molecule has 0 N–H and O–H groups in total. The first-order valence-electron chi connectivity index (χ1n) is 11.7. The van der Waals surface area contributed by atoms with Gasteiger partial charge in [0.15, 0.2) is 0 Å². The molecule has 0 aromatic rings. The molecule has 0 aliphatic heterocycles. The van der Waals surface area contributed by atoms with Gasteiger partial charge in [0.25, 0.3) is 0 Å². The average Bonchev–Trinajstić information content (AvgIpc) is 2.61. The first-order valence-corrected chi connectivity index (χ1v) is 14.6. The van der Waals surface area contributed by atoms with Gasteiger partial charge in [0.2, 0.25) is 0 Å². The van der Waals surface area contributed by atoms with E-state index in [1.807, 2.05) is 0 Å². The monoisotopic (exact) mass is 608 g/mol. The molecular weight excluding hydrogens is 570 g/mol. The van der Waals surface area contributed by atoms with Gasteiger partial charge in [-0.05, 0) is 0 Å². The van der Waals surface area contributed by atoms with Gasteiger partial charge in [-0.25, -0.2) is 0 Å². The van der Waals surface area contributed by atoms with Gasteiger partial charge in [-0.1, -0.05) is 0 Å². The third kappa shape index (κ3) is 105. The van der Waals surface area contributed by atoms with E-state index in [-0.39, 0.29) is 0 Å². The molecule has 0 unspecified atom stereocenters. The van der Waals surface area contributed by atoms with Gasteiger partial charge in [-0.15, -0.1) is 0 Å². The van der Waals surface area contributed by atoms with Crippen LogP contribution >= 0.6 is 7.26 Å². The van der Waals surface area contributed by atoms with Crippen molar-refractivity contribution in [1.82, 2.24) is 0 Å². The summed E-state index contributed by atoms with van der Waals surface area (Å²) in [7, 11) is -24.9. The van der Waals surface area contributed by atoms with E-state index in [9.17, 15) is 69.1 Å². The summed E-state index contributed by atoms with van der Waals surface area (Å²) in [6.07, 6.45) is 18.1. The zero-order chi connectivity index (χ0) is 31.0. The Kier molecular flexibility index (Phi) is 30.9. The standard InChI is InChI=1S/C16H37P.4BF4/c1-5-9-13-17(14-10-6-2,15-11-7-3)16-12-8-4;4*2-1(3,4)5/h17H,5-16H2,1-4H3;;;;/q;4*-1. The molecule has 234 valence electrons. The molecule has 0 rings (SSSR count). The van der Waals surface area contributed by atoms with Crippen molar-refractivity contribution < 1.29 is 69.1 Å². The van der Waals surface area contributed by atoms with Gasteiger partial charge < -0.3 is 69.1 Å². The molecule has 0 aromatic carbocycles. The second kappa shape index (κ2) is 24.6. The summed E-state index contributed by atoms with van der Waals surface area (Å²) in [5, 5.41) is 0. The minimum absolute atomic E-state index is 0.879. The number of halogens is 16. The normalized spacial score (nSPS) is 12.4. The molecule has 37 heavy (non-hydrogen) atoms. The maximum Gasteiger partial charge on any atom is 0.673 e. The molecule has 0 heterocycles. The summed E-state index contributed by atoms with van der Waals surface area (Å²) in [6.45, 7) is 9.44. The molecule has 0 bridgehead atoms. The first-order chi connectivity index (χ1) is 16.2. The Balaban J connectivity index is -0.000000139. The van der Waals surface area contributed by atoms with Crippen molar-refractivity contribution in [3.8, 4) is 0 Å². The van der Waals surface area contributed by atoms with Gasteiger partial charge in [0, 0.05) is 0 Å². The van der Waals surface area contributed by atoms with Crippen LogP contribution in [0.15, 0.2) is 0 Å². The van der Waals surface area contributed by atoms with Gasteiger partial charge in [-0.2, -0.15) is 0 Å². The van der Waals surface area contributed by atoms with Gasteiger partial charge in [0.05, 0.1) is 0 Å². The minimum Gasteiger partial charge on any atom is -0.418 e. The van der Waals surface area contributed by atoms with Gasteiger partial charge in [-0.3, -0.25) is 0 Å². The van der Waals surface area contributed by atoms with Crippen molar-refractivity contribution in [1.29, 1.82) is 0 Å². The molecule has 0 atom stereocenters. The molecule has 0 amide bonds. The van der Waals surface area contributed by atoms with Crippen LogP contribution in [0.2, 0.25) is 0 Å². The van der Waals surface area contributed by atoms with Crippen LogP contribution in [-0.4, -0.2) is 53.7 Å². The van der Waals surface area contributed by atoms with Crippen LogP contribution in [-0.2, 0) is 0 Å². The quantitative estimate of drug-likeness (QED) is 0.118. The summed E-state index contributed by atoms with van der Waals surface area (Å²) in [4.78, 5) is 0. The van der Waals surface area contributed by atoms with Crippen LogP contribution in [0, 0.1) is 0 Å². The van der Waals surface area contributed by atoms with Crippen LogP contribution in [0.3, 0.4) is 0 Å². The van der Waals surface area contributed by atoms with Gasteiger partial charge >= 0.3 is 140 Å². The molecular formula is C16H37B4F16P-4. The maximum atomic E-state index is 9.75. The molecule has 0 aliphatic rings. The van der Waals surface area contributed by atoms with E-state index in [2.05, 4.69) is 27.7 Å². The van der Waals surface area contributed by atoms with Crippen LogP contribution in [0.5, 0.6) is 0 Å². The van der Waals surface area contributed by atoms with Gasteiger partial charge in [0.1, 0.15) is 0 Å². The van der Waals surface area contributed by atoms with E-state index in [4.69, 9.17) is 0 Å². The average molecular weight is 608 g/mol. The van der Waals surface area contributed by atoms with E-state index in [0.717, 1.165) is 0 Å². The van der Waals surface area contributed by atoms with Crippen LogP contribution in [0.1, 0.15) is 79.1 Å². The van der Waals surface area contributed by atoms with Crippen LogP contribution in [0.4, 0.5) is 69.1 Å². The Hall–Kier alpha value is -0.430. The van der Waals surface area contributed by atoms with E-state index in [1.165, 1.54) is 51.4 Å². The Bertz CT molecular complexity index is 360.